The fraction of sp³-hybridized carbons (Fsp3) is 0.733. The third kappa shape index (κ3) is 3.88. The van der Waals surface area contributed by atoms with Gasteiger partial charge in [0.2, 0.25) is 0 Å². The standard InChI is InChI=1S/C15H25NO/c1-12-7-4-3-5-9-15(12)16-13(2)11-14-8-6-10-17-14/h6,8,10,12-13,15-16H,3-5,7,9,11H2,1-2H3. The zero-order chi connectivity index (χ0) is 12.1. The predicted octanol–water partition coefficient (Wildman–Crippen LogP) is 3.77. The summed E-state index contributed by atoms with van der Waals surface area (Å²) in [4.78, 5) is 0. The number of hydrogen-bond donors (Lipinski definition) is 1. The smallest absolute Gasteiger partial charge is 0.105 e. The lowest BCUT2D eigenvalue weighted by molar-refractivity contribution is 0.319. The Hall–Kier alpha value is -0.760. The second-order valence-corrected chi connectivity index (χ2v) is 5.57. The van der Waals surface area contributed by atoms with Crippen LogP contribution in [0, 0.1) is 5.92 Å². The topological polar surface area (TPSA) is 25.2 Å². The molecule has 1 heterocycles. The van der Waals surface area contributed by atoms with Crippen molar-refractivity contribution in [3.8, 4) is 0 Å². The molecule has 2 heteroatoms. The lowest BCUT2D eigenvalue weighted by Gasteiger charge is -2.26. The van der Waals surface area contributed by atoms with Crippen LogP contribution in [0.3, 0.4) is 0 Å². The predicted molar refractivity (Wildman–Crippen MR) is 71.0 cm³/mol. The Kier molecular flexibility index (Phi) is 4.66. The summed E-state index contributed by atoms with van der Waals surface area (Å²) >= 11 is 0. The van der Waals surface area contributed by atoms with Crippen molar-refractivity contribution in [2.75, 3.05) is 0 Å². The minimum absolute atomic E-state index is 0.506. The summed E-state index contributed by atoms with van der Waals surface area (Å²) in [6, 6.07) is 5.24. The summed E-state index contributed by atoms with van der Waals surface area (Å²) in [6.07, 6.45) is 9.68. The quantitative estimate of drug-likeness (QED) is 0.804. The molecule has 1 aliphatic rings. The highest BCUT2D eigenvalue weighted by atomic mass is 16.3. The molecule has 0 saturated heterocycles. The van der Waals surface area contributed by atoms with Crippen LogP contribution in [-0.4, -0.2) is 12.1 Å². The second-order valence-electron chi connectivity index (χ2n) is 5.57. The van der Waals surface area contributed by atoms with Crippen molar-refractivity contribution in [1.82, 2.24) is 5.32 Å². The van der Waals surface area contributed by atoms with E-state index in [9.17, 15) is 0 Å². The van der Waals surface area contributed by atoms with Gasteiger partial charge in [-0.05, 0) is 37.8 Å². The van der Waals surface area contributed by atoms with Gasteiger partial charge in [0.1, 0.15) is 5.76 Å². The van der Waals surface area contributed by atoms with Crippen LogP contribution >= 0.6 is 0 Å². The summed E-state index contributed by atoms with van der Waals surface area (Å²) in [5.74, 6) is 1.91. The Balaban J connectivity index is 1.82. The van der Waals surface area contributed by atoms with Crippen LogP contribution in [0.25, 0.3) is 0 Å². The zero-order valence-corrected chi connectivity index (χ0v) is 11.1. The van der Waals surface area contributed by atoms with Gasteiger partial charge in [-0.3, -0.25) is 0 Å². The molecule has 3 atom stereocenters. The molecule has 0 radical (unpaired) electrons. The van der Waals surface area contributed by atoms with Gasteiger partial charge >= 0.3 is 0 Å². The lowest BCUT2D eigenvalue weighted by atomic mass is 9.96. The summed E-state index contributed by atoms with van der Waals surface area (Å²) in [7, 11) is 0. The van der Waals surface area contributed by atoms with Crippen LogP contribution in [0.5, 0.6) is 0 Å². The van der Waals surface area contributed by atoms with Crippen molar-refractivity contribution in [3.63, 3.8) is 0 Å². The monoisotopic (exact) mass is 235 g/mol. The number of furan rings is 1. The maximum Gasteiger partial charge on any atom is 0.105 e. The molecule has 1 aliphatic carbocycles. The Labute approximate surface area is 105 Å². The van der Waals surface area contributed by atoms with Crippen molar-refractivity contribution >= 4 is 0 Å². The fourth-order valence-electron chi connectivity index (χ4n) is 2.90. The van der Waals surface area contributed by atoms with E-state index in [1.807, 2.05) is 6.07 Å². The van der Waals surface area contributed by atoms with Crippen LogP contribution in [0.2, 0.25) is 0 Å². The first-order valence-corrected chi connectivity index (χ1v) is 7.04. The molecule has 1 N–H and O–H groups in total. The van der Waals surface area contributed by atoms with E-state index >= 15 is 0 Å². The first kappa shape index (κ1) is 12.7. The highest BCUT2D eigenvalue weighted by Gasteiger charge is 2.21. The number of nitrogens with one attached hydrogen (secondary N) is 1. The molecule has 0 aromatic carbocycles. The Morgan fingerprint density at radius 2 is 2.18 bits per heavy atom. The van der Waals surface area contributed by atoms with Crippen LogP contribution in [-0.2, 0) is 6.42 Å². The van der Waals surface area contributed by atoms with E-state index in [0.717, 1.165) is 18.1 Å². The molecule has 0 amide bonds. The summed E-state index contributed by atoms with van der Waals surface area (Å²) in [6.45, 7) is 4.66. The van der Waals surface area contributed by atoms with E-state index in [0.29, 0.717) is 12.1 Å². The van der Waals surface area contributed by atoms with Gasteiger partial charge < -0.3 is 9.73 Å². The molecule has 1 fully saturated rings. The minimum Gasteiger partial charge on any atom is -0.469 e. The van der Waals surface area contributed by atoms with Crippen molar-refractivity contribution < 1.29 is 4.42 Å². The van der Waals surface area contributed by atoms with Gasteiger partial charge in [-0.1, -0.05) is 26.2 Å². The largest absolute Gasteiger partial charge is 0.469 e. The summed E-state index contributed by atoms with van der Waals surface area (Å²) in [5, 5.41) is 3.79. The van der Waals surface area contributed by atoms with Gasteiger partial charge in [-0.15, -0.1) is 0 Å². The highest BCUT2D eigenvalue weighted by Crippen LogP contribution is 2.23. The third-order valence-electron chi connectivity index (χ3n) is 3.95. The van der Waals surface area contributed by atoms with E-state index in [2.05, 4.69) is 25.2 Å². The van der Waals surface area contributed by atoms with E-state index in [1.54, 1.807) is 6.26 Å². The van der Waals surface area contributed by atoms with E-state index < -0.39 is 0 Å². The average Bonchev–Trinajstić information content (AvgIpc) is 2.71. The van der Waals surface area contributed by atoms with Gasteiger partial charge in [0.05, 0.1) is 6.26 Å². The first-order valence-electron chi connectivity index (χ1n) is 7.04. The first-order chi connectivity index (χ1) is 8.25. The Morgan fingerprint density at radius 1 is 1.35 bits per heavy atom. The van der Waals surface area contributed by atoms with Gasteiger partial charge in [-0.25, -0.2) is 0 Å². The van der Waals surface area contributed by atoms with Crippen molar-refractivity contribution in [2.45, 2.75) is 64.5 Å². The molecular formula is C15H25NO. The van der Waals surface area contributed by atoms with E-state index in [1.165, 1.54) is 32.1 Å². The molecule has 0 spiro atoms. The molecule has 1 saturated carbocycles. The molecule has 0 bridgehead atoms. The molecule has 96 valence electrons. The molecule has 1 aromatic rings. The van der Waals surface area contributed by atoms with Crippen molar-refractivity contribution in [3.05, 3.63) is 24.2 Å². The van der Waals surface area contributed by atoms with E-state index in [4.69, 9.17) is 4.42 Å². The number of rotatable bonds is 4. The van der Waals surface area contributed by atoms with Gasteiger partial charge in [0, 0.05) is 18.5 Å². The zero-order valence-electron chi connectivity index (χ0n) is 11.1. The van der Waals surface area contributed by atoms with Crippen LogP contribution in [0.4, 0.5) is 0 Å². The average molecular weight is 235 g/mol. The molecule has 1 aromatic heterocycles. The summed E-state index contributed by atoms with van der Waals surface area (Å²) in [5.41, 5.74) is 0. The number of hydrogen-bond acceptors (Lipinski definition) is 2. The molecule has 2 rings (SSSR count). The Morgan fingerprint density at radius 3 is 2.94 bits per heavy atom. The summed E-state index contributed by atoms with van der Waals surface area (Å²) < 4.78 is 5.40. The lowest BCUT2D eigenvalue weighted by Crippen LogP contribution is -2.41. The molecule has 17 heavy (non-hydrogen) atoms. The maximum absolute atomic E-state index is 5.40. The maximum atomic E-state index is 5.40. The second kappa shape index (κ2) is 6.25. The molecule has 3 unspecified atom stereocenters. The van der Waals surface area contributed by atoms with Gasteiger partial charge in [0.25, 0.3) is 0 Å². The van der Waals surface area contributed by atoms with Crippen LogP contribution < -0.4 is 5.32 Å². The van der Waals surface area contributed by atoms with E-state index in [-0.39, 0.29) is 0 Å². The highest BCUT2D eigenvalue weighted by molar-refractivity contribution is 5.00. The van der Waals surface area contributed by atoms with Gasteiger partial charge in [0.15, 0.2) is 0 Å². The van der Waals surface area contributed by atoms with Crippen molar-refractivity contribution in [2.24, 2.45) is 5.92 Å². The minimum atomic E-state index is 0.506. The van der Waals surface area contributed by atoms with Crippen molar-refractivity contribution in [1.29, 1.82) is 0 Å². The fourth-order valence-corrected chi connectivity index (χ4v) is 2.90. The van der Waals surface area contributed by atoms with Gasteiger partial charge in [-0.2, -0.15) is 0 Å². The molecule has 0 aliphatic heterocycles. The van der Waals surface area contributed by atoms with Crippen LogP contribution in [0.15, 0.2) is 22.8 Å². The van der Waals surface area contributed by atoms with Crippen LogP contribution in [0.1, 0.15) is 51.7 Å². The third-order valence-corrected chi connectivity index (χ3v) is 3.95. The normalized spacial score (nSPS) is 27.6. The molecule has 2 nitrogen and oxygen atoms in total. The Bertz CT molecular complexity index is 307. The SMILES string of the molecule is CC(Cc1ccco1)NC1CCCCCC1C. The molecular weight excluding hydrogens is 210 g/mol.